The van der Waals surface area contributed by atoms with E-state index in [0.717, 1.165) is 0 Å². The number of nitrogens with two attached hydrogens (primary N) is 1. The maximum atomic E-state index is 12.1. The molecular formula is C12H18N2O3S. The number of hydrogen-bond acceptors (Lipinski definition) is 3. The van der Waals surface area contributed by atoms with Crippen LogP contribution in [0, 0.1) is 12.3 Å². The number of rotatable bonds is 5. The van der Waals surface area contributed by atoms with E-state index in [1.165, 1.54) is 6.07 Å². The second kappa shape index (κ2) is 5.07. The van der Waals surface area contributed by atoms with Gasteiger partial charge in [-0.1, -0.05) is 18.2 Å². The van der Waals surface area contributed by atoms with Crippen molar-refractivity contribution in [2.75, 3.05) is 6.54 Å². The molecule has 0 heterocycles. The Morgan fingerprint density at radius 1 is 1.33 bits per heavy atom. The first kappa shape index (κ1) is 14.7. The van der Waals surface area contributed by atoms with Gasteiger partial charge in [0, 0.05) is 6.54 Å². The third kappa shape index (κ3) is 3.30. The summed E-state index contributed by atoms with van der Waals surface area (Å²) in [6, 6.07) is 6.66. The summed E-state index contributed by atoms with van der Waals surface area (Å²) in [5, 5.41) is 0. The summed E-state index contributed by atoms with van der Waals surface area (Å²) in [4.78, 5) is 11.3. The average Bonchev–Trinajstić information content (AvgIpc) is 2.27. The molecule has 0 saturated carbocycles. The van der Waals surface area contributed by atoms with Gasteiger partial charge in [-0.05, 0) is 32.4 Å². The van der Waals surface area contributed by atoms with Gasteiger partial charge in [0.25, 0.3) is 0 Å². The highest BCUT2D eigenvalue weighted by molar-refractivity contribution is 7.89. The first-order valence-corrected chi connectivity index (χ1v) is 7.00. The molecule has 0 spiro atoms. The number of amides is 1. The molecule has 1 aromatic carbocycles. The molecule has 0 aromatic heterocycles. The van der Waals surface area contributed by atoms with Gasteiger partial charge in [0.1, 0.15) is 0 Å². The average molecular weight is 270 g/mol. The lowest BCUT2D eigenvalue weighted by atomic mass is 9.93. The molecular weight excluding hydrogens is 252 g/mol. The number of sulfonamides is 1. The van der Waals surface area contributed by atoms with E-state index >= 15 is 0 Å². The Labute approximate surface area is 107 Å². The molecule has 5 nitrogen and oxygen atoms in total. The molecule has 1 aromatic rings. The summed E-state index contributed by atoms with van der Waals surface area (Å²) in [6.07, 6.45) is 0. The number of aryl methyl sites for hydroxylation is 1. The van der Waals surface area contributed by atoms with Gasteiger partial charge in [-0.3, -0.25) is 4.79 Å². The fraction of sp³-hybridized carbons (Fsp3) is 0.417. The van der Waals surface area contributed by atoms with Crippen molar-refractivity contribution in [3.05, 3.63) is 29.8 Å². The van der Waals surface area contributed by atoms with Crippen LogP contribution in [0.5, 0.6) is 0 Å². The van der Waals surface area contributed by atoms with Gasteiger partial charge < -0.3 is 5.73 Å². The van der Waals surface area contributed by atoms with Crippen molar-refractivity contribution in [3.8, 4) is 0 Å². The number of nitrogens with one attached hydrogen (secondary N) is 1. The minimum atomic E-state index is -3.62. The molecule has 0 fully saturated rings. The van der Waals surface area contributed by atoms with Crippen LogP contribution in [0.3, 0.4) is 0 Å². The third-order valence-electron chi connectivity index (χ3n) is 2.75. The number of benzene rings is 1. The molecule has 3 N–H and O–H groups in total. The lowest BCUT2D eigenvalue weighted by Crippen LogP contribution is -2.42. The molecule has 100 valence electrons. The first-order valence-electron chi connectivity index (χ1n) is 5.52. The van der Waals surface area contributed by atoms with E-state index < -0.39 is 21.3 Å². The standard InChI is InChI=1S/C12H18N2O3S/c1-9-6-4-5-7-10(9)18(16,17)14-8-12(2,3)11(13)15/h4-7,14H,8H2,1-3H3,(H2,13,15). The van der Waals surface area contributed by atoms with Gasteiger partial charge in [0.15, 0.2) is 0 Å². The molecule has 0 unspecified atom stereocenters. The summed E-state index contributed by atoms with van der Waals surface area (Å²) < 4.78 is 26.5. The predicted molar refractivity (Wildman–Crippen MR) is 69.3 cm³/mol. The zero-order valence-electron chi connectivity index (χ0n) is 10.7. The van der Waals surface area contributed by atoms with E-state index in [4.69, 9.17) is 5.73 Å². The van der Waals surface area contributed by atoms with Crippen molar-refractivity contribution in [1.29, 1.82) is 0 Å². The van der Waals surface area contributed by atoms with Crippen LogP contribution < -0.4 is 10.5 Å². The van der Waals surface area contributed by atoms with Crippen LogP contribution in [0.2, 0.25) is 0 Å². The van der Waals surface area contributed by atoms with Crippen molar-refractivity contribution in [3.63, 3.8) is 0 Å². The number of hydrogen-bond donors (Lipinski definition) is 2. The molecule has 0 atom stereocenters. The summed E-state index contributed by atoms with van der Waals surface area (Å²) in [5.41, 5.74) is 4.93. The maximum Gasteiger partial charge on any atom is 0.240 e. The molecule has 0 aliphatic rings. The molecule has 0 aliphatic heterocycles. The Hall–Kier alpha value is -1.40. The Bertz CT molecular complexity index is 550. The lowest BCUT2D eigenvalue weighted by Gasteiger charge is -2.21. The molecule has 0 radical (unpaired) electrons. The van der Waals surface area contributed by atoms with Crippen molar-refractivity contribution in [2.24, 2.45) is 11.1 Å². The predicted octanol–water partition coefficient (Wildman–Crippen LogP) is 0.785. The van der Waals surface area contributed by atoms with Gasteiger partial charge in [0.2, 0.25) is 15.9 Å². The molecule has 0 saturated heterocycles. The highest BCUT2D eigenvalue weighted by Gasteiger charge is 2.27. The molecule has 1 amide bonds. The number of carbonyl (C=O) groups excluding carboxylic acids is 1. The Kier molecular flexibility index (Phi) is 4.13. The van der Waals surface area contributed by atoms with Crippen molar-refractivity contribution >= 4 is 15.9 Å². The van der Waals surface area contributed by atoms with Crippen LogP contribution in [0.1, 0.15) is 19.4 Å². The Morgan fingerprint density at radius 3 is 2.39 bits per heavy atom. The largest absolute Gasteiger partial charge is 0.369 e. The topological polar surface area (TPSA) is 89.3 Å². The lowest BCUT2D eigenvalue weighted by molar-refractivity contribution is -0.125. The van der Waals surface area contributed by atoms with Crippen LogP contribution in [-0.4, -0.2) is 20.9 Å². The van der Waals surface area contributed by atoms with Gasteiger partial charge in [-0.15, -0.1) is 0 Å². The second-order valence-corrected chi connectivity index (χ2v) is 6.57. The third-order valence-corrected chi connectivity index (χ3v) is 4.32. The van der Waals surface area contributed by atoms with Crippen molar-refractivity contribution < 1.29 is 13.2 Å². The van der Waals surface area contributed by atoms with Crippen LogP contribution >= 0.6 is 0 Å². The SMILES string of the molecule is Cc1ccccc1S(=O)(=O)NCC(C)(C)C(N)=O. The van der Waals surface area contributed by atoms with Crippen LogP contribution in [0.15, 0.2) is 29.2 Å². The summed E-state index contributed by atoms with van der Waals surface area (Å²) in [5.74, 6) is -0.546. The van der Waals surface area contributed by atoms with Crippen LogP contribution in [-0.2, 0) is 14.8 Å². The monoisotopic (exact) mass is 270 g/mol. The van der Waals surface area contributed by atoms with Gasteiger partial charge in [0.05, 0.1) is 10.3 Å². The van der Waals surface area contributed by atoms with E-state index in [0.29, 0.717) is 5.56 Å². The fourth-order valence-corrected chi connectivity index (χ4v) is 2.75. The Morgan fingerprint density at radius 2 is 1.89 bits per heavy atom. The van der Waals surface area contributed by atoms with Crippen LogP contribution in [0.4, 0.5) is 0 Å². The number of primary amides is 1. The Balaban J connectivity index is 2.92. The van der Waals surface area contributed by atoms with E-state index in [9.17, 15) is 13.2 Å². The molecule has 18 heavy (non-hydrogen) atoms. The van der Waals surface area contributed by atoms with Crippen molar-refractivity contribution in [2.45, 2.75) is 25.7 Å². The molecule has 0 bridgehead atoms. The minimum Gasteiger partial charge on any atom is -0.369 e. The highest BCUT2D eigenvalue weighted by Crippen LogP contribution is 2.17. The zero-order chi connectivity index (χ0) is 14.0. The molecule has 1 rings (SSSR count). The zero-order valence-corrected chi connectivity index (χ0v) is 11.5. The fourth-order valence-electron chi connectivity index (χ4n) is 1.30. The normalized spacial score (nSPS) is 12.4. The molecule has 6 heteroatoms. The maximum absolute atomic E-state index is 12.1. The minimum absolute atomic E-state index is 0.0288. The van der Waals surface area contributed by atoms with E-state index in [1.54, 1.807) is 39.0 Å². The van der Waals surface area contributed by atoms with E-state index in [1.807, 2.05) is 0 Å². The number of carbonyl (C=O) groups is 1. The summed E-state index contributed by atoms with van der Waals surface area (Å²) in [7, 11) is -3.62. The summed E-state index contributed by atoms with van der Waals surface area (Å²) in [6.45, 7) is 4.87. The van der Waals surface area contributed by atoms with E-state index in [2.05, 4.69) is 4.72 Å². The van der Waals surface area contributed by atoms with Gasteiger partial charge >= 0.3 is 0 Å². The van der Waals surface area contributed by atoms with Gasteiger partial charge in [-0.25, -0.2) is 13.1 Å². The highest BCUT2D eigenvalue weighted by atomic mass is 32.2. The smallest absolute Gasteiger partial charge is 0.240 e. The molecule has 0 aliphatic carbocycles. The van der Waals surface area contributed by atoms with Crippen molar-refractivity contribution in [1.82, 2.24) is 4.72 Å². The second-order valence-electron chi connectivity index (χ2n) is 4.84. The quantitative estimate of drug-likeness (QED) is 0.828. The van der Waals surface area contributed by atoms with Gasteiger partial charge in [-0.2, -0.15) is 0 Å². The van der Waals surface area contributed by atoms with Crippen LogP contribution in [0.25, 0.3) is 0 Å². The van der Waals surface area contributed by atoms with E-state index in [-0.39, 0.29) is 11.4 Å². The summed E-state index contributed by atoms with van der Waals surface area (Å²) >= 11 is 0. The first-order chi connectivity index (χ1) is 8.17.